The number of carbonyl (C=O) groups excluding carboxylic acids is 1. The molecule has 1 aliphatic heterocycles. The SMILES string of the molecule is CCCCN1C(=O)c2c(Cl)ncnc2NC1CCC. The minimum absolute atomic E-state index is 0.00233. The molecule has 1 unspecified atom stereocenters. The van der Waals surface area contributed by atoms with E-state index in [1.165, 1.54) is 6.33 Å². The number of anilines is 1. The molecule has 2 heterocycles. The Kier molecular flexibility index (Phi) is 4.58. The van der Waals surface area contributed by atoms with Crippen molar-refractivity contribution in [3.05, 3.63) is 17.0 Å². The number of fused-ring (bicyclic) bond motifs is 1. The molecule has 1 atom stereocenters. The van der Waals surface area contributed by atoms with Gasteiger partial charge in [0, 0.05) is 6.54 Å². The number of hydrogen-bond donors (Lipinski definition) is 1. The maximum absolute atomic E-state index is 12.6. The summed E-state index contributed by atoms with van der Waals surface area (Å²) in [7, 11) is 0. The molecule has 2 rings (SSSR count). The molecular weight excluding hydrogens is 264 g/mol. The van der Waals surface area contributed by atoms with Gasteiger partial charge in [-0.05, 0) is 12.8 Å². The second-order valence-electron chi connectivity index (χ2n) is 4.69. The third-order valence-electron chi connectivity index (χ3n) is 3.27. The molecule has 0 fully saturated rings. The van der Waals surface area contributed by atoms with E-state index < -0.39 is 0 Å². The van der Waals surface area contributed by atoms with Crippen LogP contribution >= 0.6 is 11.6 Å². The first kappa shape index (κ1) is 14.1. The lowest BCUT2D eigenvalue weighted by Gasteiger charge is -2.37. The monoisotopic (exact) mass is 282 g/mol. The van der Waals surface area contributed by atoms with Crippen molar-refractivity contribution in [2.45, 2.75) is 45.7 Å². The number of hydrogen-bond acceptors (Lipinski definition) is 4. The highest BCUT2D eigenvalue weighted by Gasteiger charge is 2.33. The van der Waals surface area contributed by atoms with Gasteiger partial charge in [-0.3, -0.25) is 4.79 Å². The molecule has 1 amide bonds. The maximum atomic E-state index is 12.6. The van der Waals surface area contributed by atoms with Crippen LogP contribution in [0.25, 0.3) is 0 Å². The van der Waals surface area contributed by atoms with Gasteiger partial charge in [0.05, 0.1) is 0 Å². The molecule has 5 nitrogen and oxygen atoms in total. The molecule has 19 heavy (non-hydrogen) atoms. The number of nitrogens with zero attached hydrogens (tertiary/aromatic N) is 3. The molecule has 0 saturated carbocycles. The predicted molar refractivity (Wildman–Crippen MR) is 75.3 cm³/mol. The summed E-state index contributed by atoms with van der Waals surface area (Å²) in [6, 6.07) is 0. The van der Waals surface area contributed by atoms with Crippen molar-refractivity contribution in [1.29, 1.82) is 0 Å². The highest BCUT2D eigenvalue weighted by atomic mass is 35.5. The van der Waals surface area contributed by atoms with E-state index >= 15 is 0 Å². The van der Waals surface area contributed by atoms with Crippen LogP contribution in [0.5, 0.6) is 0 Å². The van der Waals surface area contributed by atoms with Crippen LogP contribution in [0.2, 0.25) is 5.15 Å². The van der Waals surface area contributed by atoms with E-state index in [0.717, 1.165) is 32.2 Å². The second-order valence-corrected chi connectivity index (χ2v) is 5.05. The number of rotatable bonds is 5. The first-order chi connectivity index (χ1) is 9.19. The van der Waals surface area contributed by atoms with Crippen LogP contribution in [-0.2, 0) is 0 Å². The smallest absolute Gasteiger partial charge is 0.262 e. The van der Waals surface area contributed by atoms with Crippen LogP contribution in [0.4, 0.5) is 5.82 Å². The molecule has 0 bridgehead atoms. The molecule has 0 aliphatic carbocycles. The van der Waals surface area contributed by atoms with Crippen LogP contribution in [0, 0.1) is 0 Å². The van der Waals surface area contributed by atoms with Gasteiger partial charge >= 0.3 is 0 Å². The van der Waals surface area contributed by atoms with Crippen LogP contribution < -0.4 is 5.32 Å². The molecule has 104 valence electrons. The Labute approximate surface area is 118 Å². The molecule has 0 radical (unpaired) electrons. The molecular formula is C13H19ClN4O. The Morgan fingerprint density at radius 2 is 2.16 bits per heavy atom. The first-order valence-electron chi connectivity index (χ1n) is 6.77. The van der Waals surface area contributed by atoms with E-state index in [2.05, 4.69) is 29.1 Å². The Morgan fingerprint density at radius 1 is 1.37 bits per heavy atom. The van der Waals surface area contributed by atoms with Gasteiger partial charge in [-0.2, -0.15) is 0 Å². The third-order valence-corrected chi connectivity index (χ3v) is 3.56. The summed E-state index contributed by atoms with van der Waals surface area (Å²) < 4.78 is 0. The van der Waals surface area contributed by atoms with E-state index in [-0.39, 0.29) is 17.2 Å². The number of unbranched alkanes of at least 4 members (excludes halogenated alkanes) is 1. The molecule has 1 aliphatic rings. The zero-order chi connectivity index (χ0) is 13.8. The van der Waals surface area contributed by atoms with Crippen molar-refractivity contribution >= 4 is 23.3 Å². The normalized spacial score (nSPS) is 18.2. The van der Waals surface area contributed by atoms with Crippen molar-refractivity contribution in [1.82, 2.24) is 14.9 Å². The lowest BCUT2D eigenvalue weighted by Crippen LogP contribution is -2.49. The number of halogens is 1. The summed E-state index contributed by atoms with van der Waals surface area (Å²) in [5.74, 6) is 0.488. The number of carbonyl (C=O) groups is 1. The number of nitrogens with one attached hydrogen (secondary N) is 1. The largest absolute Gasteiger partial charge is 0.349 e. The van der Waals surface area contributed by atoms with Gasteiger partial charge in [0.2, 0.25) is 0 Å². The topological polar surface area (TPSA) is 58.1 Å². The third kappa shape index (κ3) is 2.81. The quantitative estimate of drug-likeness (QED) is 0.844. The summed E-state index contributed by atoms with van der Waals surface area (Å²) >= 11 is 6.02. The lowest BCUT2D eigenvalue weighted by molar-refractivity contribution is 0.0671. The average Bonchev–Trinajstić information content (AvgIpc) is 2.38. The Balaban J connectivity index is 2.32. The van der Waals surface area contributed by atoms with Crippen molar-refractivity contribution in [3.63, 3.8) is 0 Å². The van der Waals surface area contributed by atoms with Crippen molar-refractivity contribution in [3.8, 4) is 0 Å². The second kappa shape index (κ2) is 6.19. The van der Waals surface area contributed by atoms with Gasteiger partial charge in [-0.1, -0.05) is 38.3 Å². The van der Waals surface area contributed by atoms with E-state index in [9.17, 15) is 4.79 Å². The molecule has 1 N–H and O–H groups in total. The number of aromatic nitrogens is 2. The number of amides is 1. The zero-order valence-electron chi connectivity index (χ0n) is 11.3. The molecule has 1 aromatic rings. The summed E-state index contributed by atoms with van der Waals surface area (Å²) in [5, 5.41) is 3.52. The Bertz CT molecular complexity index is 466. The minimum Gasteiger partial charge on any atom is -0.349 e. The van der Waals surface area contributed by atoms with Gasteiger partial charge in [0.15, 0.2) is 0 Å². The summed E-state index contributed by atoms with van der Waals surface area (Å²) in [5.41, 5.74) is 0.396. The predicted octanol–water partition coefficient (Wildman–Crippen LogP) is 2.92. The van der Waals surface area contributed by atoms with Crippen LogP contribution in [0.3, 0.4) is 0 Å². The zero-order valence-corrected chi connectivity index (χ0v) is 12.1. The van der Waals surface area contributed by atoms with Gasteiger partial charge in [0.25, 0.3) is 5.91 Å². The average molecular weight is 283 g/mol. The van der Waals surface area contributed by atoms with E-state index in [1.807, 2.05) is 4.90 Å². The fourth-order valence-corrected chi connectivity index (χ4v) is 2.49. The Morgan fingerprint density at radius 3 is 2.84 bits per heavy atom. The molecule has 6 heteroatoms. The van der Waals surface area contributed by atoms with E-state index in [0.29, 0.717) is 11.4 Å². The maximum Gasteiger partial charge on any atom is 0.262 e. The summed E-state index contributed by atoms with van der Waals surface area (Å²) in [6.45, 7) is 4.95. The molecule has 0 spiro atoms. The van der Waals surface area contributed by atoms with Crippen LogP contribution in [0.15, 0.2) is 6.33 Å². The molecule has 0 saturated heterocycles. The highest BCUT2D eigenvalue weighted by Crippen LogP contribution is 2.29. The standard InChI is InChI=1S/C13H19ClN4O/c1-3-5-7-18-9(6-4-2)17-12-10(13(18)19)11(14)15-8-16-12/h8-9H,3-7H2,1-2H3,(H,15,16,17). The fourth-order valence-electron chi connectivity index (χ4n) is 2.27. The van der Waals surface area contributed by atoms with Crippen molar-refractivity contribution in [2.24, 2.45) is 0 Å². The van der Waals surface area contributed by atoms with Gasteiger partial charge in [0.1, 0.15) is 29.0 Å². The van der Waals surface area contributed by atoms with Gasteiger partial charge in [-0.25, -0.2) is 9.97 Å². The fraction of sp³-hybridized carbons (Fsp3) is 0.615. The lowest BCUT2D eigenvalue weighted by atomic mass is 10.1. The first-order valence-corrected chi connectivity index (χ1v) is 7.14. The van der Waals surface area contributed by atoms with Crippen molar-refractivity contribution in [2.75, 3.05) is 11.9 Å². The Hall–Kier alpha value is -1.36. The minimum atomic E-state index is -0.0637. The summed E-state index contributed by atoms with van der Waals surface area (Å²) in [4.78, 5) is 22.4. The van der Waals surface area contributed by atoms with E-state index in [4.69, 9.17) is 11.6 Å². The van der Waals surface area contributed by atoms with Gasteiger partial charge in [-0.15, -0.1) is 0 Å². The molecule has 0 aromatic carbocycles. The van der Waals surface area contributed by atoms with Crippen molar-refractivity contribution < 1.29 is 4.79 Å². The summed E-state index contributed by atoms with van der Waals surface area (Å²) in [6.07, 6.45) is 5.32. The highest BCUT2D eigenvalue weighted by molar-refractivity contribution is 6.33. The van der Waals surface area contributed by atoms with Crippen LogP contribution in [0.1, 0.15) is 49.9 Å². The van der Waals surface area contributed by atoms with Crippen LogP contribution in [-0.4, -0.2) is 33.5 Å². The van der Waals surface area contributed by atoms with Gasteiger partial charge < -0.3 is 10.2 Å². The van der Waals surface area contributed by atoms with E-state index in [1.54, 1.807) is 0 Å². The molecule has 1 aromatic heterocycles.